The van der Waals surface area contributed by atoms with Gasteiger partial charge in [-0.25, -0.2) is 4.98 Å². The second-order valence-corrected chi connectivity index (χ2v) is 6.98. The number of guanidine groups is 1. The minimum Gasteiger partial charge on any atom is -0.356 e. The number of hydrogen-bond donors (Lipinski definition) is 2. The predicted molar refractivity (Wildman–Crippen MR) is 109 cm³/mol. The smallest absolute Gasteiger partial charge is 0.222 e. The first-order chi connectivity index (χ1) is 13.1. The highest BCUT2D eigenvalue weighted by Crippen LogP contribution is 2.15. The van der Waals surface area contributed by atoms with Gasteiger partial charge in [0.25, 0.3) is 0 Å². The maximum absolute atomic E-state index is 11.8. The van der Waals surface area contributed by atoms with Crippen LogP contribution in [0.2, 0.25) is 0 Å². The van der Waals surface area contributed by atoms with Gasteiger partial charge in [0.2, 0.25) is 5.91 Å². The van der Waals surface area contributed by atoms with Crippen LogP contribution in [0.1, 0.15) is 32.0 Å². The molecule has 1 saturated heterocycles. The summed E-state index contributed by atoms with van der Waals surface area (Å²) in [5.74, 6) is 2.08. The number of aromatic nitrogens is 2. The summed E-state index contributed by atoms with van der Waals surface area (Å²) in [5, 5.41) is 6.82. The first-order valence-electron chi connectivity index (χ1n) is 9.79. The molecular weight excluding hydrogens is 340 g/mol. The van der Waals surface area contributed by atoms with Gasteiger partial charge in [0.1, 0.15) is 5.82 Å². The van der Waals surface area contributed by atoms with Crippen LogP contribution in [0.25, 0.3) is 11.0 Å². The predicted octanol–water partition coefficient (Wildman–Crippen LogP) is 1.91. The average molecular weight is 371 g/mol. The van der Waals surface area contributed by atoms with E-state index in [0.717, 1.165) is 56.3 Å². The Hall–Kier alpha value is -2.57. The van der Waals surface area contributed by atoms with Gasteiger partial charge in [-0.3, -0.25) is 9.79 Å². The molecule has 0 bridgehead atoms. The van der Waals surface area contributed by atoms with E-state index >= 15 is 0 Å². The van der Waals surface area contributed by atoms with Gasteiger partial charge in [0.15, 0.2) is 5.96 Å². The summed E-state index contributed by atoms with van der Waals surface area (Å²) >= 11 is 0. The monoisotopic (exact) mass is 370 g/mol. The van der Waals surface area contributed by atoms with E-state index in [1.54, 1.807) is 7.05 Å². The second kappa shape index (κ2) is 8.88. The summed E-state index contributed by atoms with van der Waals surface area (Å²) < 4.78 is 2.26. The number of likely N-dealkylation sites (tertiary alicyclic amines) is 1. The van der Waals surface area contributed by atoms with E-state index in [1.807, 2.05) is 17.9 Å². The molecule has 1 aromatic carbocycles. The van der Waals surface area contributed by atoms with Crippen LogP contribution in [0.15, 0.2) is 29.3 Å². The number of carbonyl (C=O) groups excluding carboxylic acids is 1. The molecule has 1 fully saturated rings. The number of aryl methyl sites for hydroxylation is 2. The van der Waals surface area contributed by atoms with Crippen LogP contribution in [0, 0.1) is 6.92 Å². The molecule has 1 aliphatic rings. The lowest BCUT2D eigenvalue weighted by Gasteiger charge is -2.19. The van der Waals surface area contributed by atoms with Crippen molar-refractivity contribution >= 4 is 22.9 Å². The van der Waals surface area contributed by atoms with Gasteiger partial charge in [-0.05, 0) is 31.9 Å². The SMILES string of the molecule is CCC(=O)N1CCC(NC(=NC)NCCCn2c(C)nc3ccccc32)C1. The number of carbonyl (C=O) groups is 1. The normalized spacial score (nSPS) is 17.5. The van der Waals surface area contributed by atoms with E-state index in [0.29, 0.717) is 6.42 Å². The highest BCUT2D eigenvalue weighted by atomic mass is 16.2. The summed E-state index contributed by atoms with van der Waals surface area (Å²) in [7, 11) is 1.78. The first kappa shape index (κ1) is 19.2. The second-order valence-electron chi connectivity index (χ2n) is 6.98. The fourth-order valence-electron chi connectivity index (χ4n) is 3.64. The molecule has 27 heavy (non-hydrogen) atoms. The van der Waals surface area contributed by atoms with Crippen molar-refractivity contribution in [3.8, 4) is 0 Å². The molecule has 0 aliphatic carbocycles. The Morgan fingerprint density at radius 1 is 1.37 bits per heavy atom. The first-order valence-corrected chi connectivity index (χ1v) is 9.79. The van der Waals surface area contributed by atoms with Crippen LogP contribution in [0.4, 0.5) is 0 Å². The van der Waals surface area contributed by atoms with Crippen molar-refractivity contribution < 1.29 is 4.79 Å². The van der Waals surface area contributed by atoms with Crippen molar-refractivity contribution in [3.63, 3.8) is 0 Å². The van der Waals surface area contributed by atoms with Crippen molar-refractivity contribution in [2.45, 2.75) is 45.7 Å². The lowest BCUT2D eigenvalue weighted by Crippen LogP contribution is -2.45. The third kappa shape index (κ3) is 4.59. The highest BCUT2D eigenvalue weighted by molar-refractivity contribution is 5.80. The minimum atomic E-state index is 0.227. The lowest BCUT2D eigenvalue weighted by molar-refractivity contribution is -0.129. The summed E-state index contributed by atoms with van der Waals surface area (Å²) in [6, 6.07) is 8.52. The summed E-state index contributed by atoms with van der Waals surface area (Å²) in [6.07, 6.45) is 2.52. The lowest BCUT2D eigenvalue weighted by atomic mass is 10.3. The van der Waals surface area contributed by atoms with Crippen LogP contribution in [0.3, 0.4) is 0 Å². The molecule has 0 spiro atoms. The molecule has 146 valence electrons. The van der Waals surface area contributed by atoms with E-state index in [-0.39, 0.29) is 11.9 Å². The quantitative estimate of drug-likeness (QED) is 0.463. The molecule has 1 unspecified atom stereocenters. The van der Waals surface area contributed by atoms with Crippen LogP contribution in [0.5, 0.6) is 0 Å². The number of fused-ring (bicyclic) bond motifs is 1. The maximum Gasteiger partial charge on any atom is 0.222 e. The van der Waals surface area contributed by atoms with E-state index in [4.69, 9.17) is 0 Å². The van der Waals surface area contributed by atoms with Gasteiger partial charge in [-0.15, -0.1) is 0 Å². The van der Waals surface area contributed by atoms with E-state index in [1.165, 1.54) is 5.52 Å². The Kier molecular flexibility index (Phi) is 6.32. The number of benzene rings is 1. The van der Waals surface area contributed by atoms with Crippen LogP contribution < -0.4 is 10.6 Å². The van der Waals surface area contributed by atoms with Gasteiger partial charge in [-0.1, -0.05) is 19.1 Å². The molecule has 1 atom stereocenters. The molecule has 3 rings (SSSR count). The number of rotatable bonds is 6. The number of imidazole rings is 1. The van der Waals surface area contributed by atoms with Crippen LogP contribution >= 0.6 is 0 Å². The van der Waals surface area contributed by atoms with Crippen molar-refractivity contribution in [1.29, 1.82) is 0 Å². The van der Waals surface area contributed by atoms with Gasteiger partial charge < -0.3 is 20.1 Å². The third-order valence-electron chi connectivity index (χ3n) is 5.10. The Labute approximate surface area is 160 Å². The molecule has 7 nitrogen and oxygen atoms in total. The molecule has 0 radical (unpaired) electrons. The van der Waals surface area contributed by atoms with Crippen LogP contribution in [-0.2, 0) is 11.3 Å². The van der Waals surface area contributed by atoms with Gasteiger partial charge >= 0.3 is 0 Å². The minimum absolute atomic E-state index is 0.227. The number of hydrogen-bond acceptors (Lipinski definition) is 3. The van der Waals surface area contributed by atoms with E-state index < -0.39 is 0 Å². The van der Waals surface area contributed by atoms with Crippen LogP contribution in [-0.4, -0.2) is 59.0 Å². The van der Waals surface area contributed by atoms with Gasteiger partial charge in [-0.2, -0.15) is 0 Å². The summed E-state index contributed by atoms with van der Waals surface area (Å²) in [5.41, 5.74) is 2.23. The summed E-state index contributed by atoms with van der Waals surface area (Å²) in [6.45, 7) is 7.29. The third-order valence-corrected chi connectivity index (χ3v) is 5.10. The fourth-order valence-corrected chi connectivity index (χ4v) is 3.64. The highest BCUT2D eigenvalue weighted by Gasteiger charge is 2.25. The molecule has 7 heteroatoms. The zero-order valence-corrected chi connectivity index (χ0v) is 16.5. The molecule has 1 amide bonds. The maximum atomic E-state index is 11.8. The zero-order valence-electron chi connectivity index (χ0n) is 16.5. The Balaban J connectivity index is 1.45. The Morgan fingerprint density at radius 3 is 2.96 bits per heavy atom. The largest absolute Gasteiger partial charge is 0.356 e. The molecule has 1 aromatic heterocycles. The fraction of sp³-hybridized carbons (Fsp3) is 0.550. The van der Waals surface area contributed by atoms with Gasteiger partial charge in [0, 0.05) is 45.7 Å². The Morgan fingerprint density at radius 2 is 2.19 bits per heavy atom. The number of nitrogens with one attached hydrogen (secondary N) is 2. The molecule has 2 heterocycles. The van der Waals surface area contributed by atoms with E-state index in [9.17, 15) is 4.79 Å². The topological polar surface area (TPSA) is 74.6 Å². The number of nitrogens with zero attached hydrogens (tertiary/aromatic N) is 4. The van der Waals surface area contributed by atoms with Crippen molar-refractivity contribution in [3.05, 3.63) is 30.1 Å². The van der Waals surface area contributed by atoms with Crippen molar-refractivity contribution in [2.75, 3.05) is 26.7 Å². The molecular formula is C20H30N6O. The average Bonchev–Trinajstić information content (AvgIpc) is 3.27. The summed E-state index contributed by atoms with van der Waals surface area (Å²) in [4.78, 5) is 22.7. The number of aliphatic imine (C=N–C) groups is 1. The number of amides is 1. The number of para-hydroxylation sites is 2. The molecule has 2 aromatic rings. The van der Waals surface area contributed by atoms with Gasteiger partial charge in [0.05, 0.1) is 11.0 Å². The zero-order chi connectivity index (χ0) is 19.2. The Bertz CT molecular complexity index is 812. The molecule has 1 aliphatic heterocycles. The standard InChI is InChI=1S/C20H30N6O/c1-4-19(27)25-13-10-16(14-25)24-20(21-3)22-11-7-12-26-15(2)23-17-8-5-6-9-18(17)26/h5-6,8-9,16H,4,7,10-14H2,1-3H3,(H2,21,22,24). The van der Waals surface area contributed by atoms with E-state index in [2.05, 4.69) is 50.3 Å². The molecule has 2 N–H and O–H groups in total. The molecule has 0 saturated carbocycles. The van der Waals surface area contributed by atoms with Crippen molar-refractivity contribution in [2.24, 2.45) is 4.99 Å². The van der Waals surface area contributed by atoms with Crippen molar-refractivity contribution in [1.82, 2.24) is 25.1 Å².